The van der Waals surface area contributed by atoms with E-state index in [2.05, 4.69) is 16.0 Å². The van der Waals surface area contributed by atoms with Gasteiger partial charge in [-0.25, -0.2) is 4.79 Å². The maximum Gasteiger partial charge on any atom is 0.322 e. The summed E-state index contributed by atoms with van der Waals surface area (Å²) in [5.41, 5.74) is 0.931. The van der Waals surface area contributed by atoms with E-state index in [4.69, 9.17) is 11.6 Å². The molecule has 3 N–H and O–H groups in total. The zero-order chi connectivity index (χ0) is 17.0. The molecule has 6 nitrogen and oxygen atoms in total. The van der Waals surface area contributed by atoms with Gasteiger partial charge < -0.3 is 10.6 Å². The average Bonchev–Trinajstić information content (AvgIpc) is 2.74. The minimum Gasteiger partial charge on any atom is -0.355 e. The van der Waals surface area contributed by atoms with Crippen LogP contribution in [0, 0.1) is 5.41 Å². The van der Waals surface area contributed by atoms with E-state index < -0.39 is 18.0 Å². The fraction of sp³-hybridized carbons (Fsp3) is 0.438. The second-order valence-electron chi connectivity index (χ2n) is 6.47. The molecule has 23 heavy (non-hydrogen) atoms. The standard InChI is InChI=1S/C16H20ClN3O3/c1-16(2,8-10-4-3-5-11(17)6-10)9-18-13(21)7-12-14(22)20-15(23)19-12/h3-6,12H,7-9H2,1-2H3,(H,18,21)(H2,19,20,22,23)/t12-/m0/s1. The minimum absolute atomic E-state index is 0.0647. The van der Waals surface area contributed by atoms with E-state index >= 15 is 0 Å². The van der Waals surface area contributed by atoms with Gasteiger partial charge in [0.2, 0.25) is 5.91 Å². The van der Waals surface area contributed by atoms with Crippen LogP contribution in [0.5, 0.6) is 0 Å². The highest BCUT2D eigenvalue weighted by atomic mass is 35.5. The monoisotopic (exact) mass is 337 g/mol. The Bertz CT molecular complexity index is 631. The van der Waals surface area contributed by atoms with Gasteiger partial charge in [0.15, 0.2) is 0 Å². The van der Waals surface area contributed by atoms with E-state index in [9.17, 15) is 14.4 Å². The molecule has 0 spiro atoms. The number of imide groups is 1. The molecule has 1 heterocycles. The van der Waals surface area contributed by atoms with Crippen molar-refractivity contribution in [1.29, 1.82) is 0 Å². The van der Waals surface area contributed by atoms with E-state index in [1.54, 1.807) is 0 Å². The number of carbonyl (C=O) groups excluding carboxylic acids is 3. The van der Waals surface area contributed by atoms with Gasteiger partial charge in [-0.3, -0.25) is 14.9 Å². The molecular weight excluding hydrogens is 318 g/mol. The summed E-state index contributed by atoms with van der Waals surface area (Å²) < 4.78 is 0. The molecule has 1 fully saturated rings. The number of carbonyl (C=O) groups is 3. The van der Waals surface area contributed by atoms with Crippen molar-refractivity contribution in [3.63, 3.8) is 0 Å². The van der Waals surface area contributed by atoms with Crippen LogP contribution in [0.3, 0.4) is 0 Å². The highest BCUT2D eigenvalue weighted by Gasteiger charge is 2.31. The molecule has 0 saturated carbocycles. The molecule has 1 aliphatic rings. The smallest absolute Gasteiger partial charge is 0.322 e. The van der Waals surface area contributed by atoms with Crippen LogP contribution in [-0.2, 0) is 16.0 Å². The Labute approximate surface area is 140 Å². The van der Waals surface area contributed by atoms with Crippen LogP contribution in [0.2, 0.25) is 5.02 Å². The lowest BCUT2D eigenvalue weighted by Crippen LogP contribution is -2.40. The lowest BCUT2D eigenvalue weighted by atomic mass is 9.85. The fourth-order valence-corrected chi connectivity index (χ4v) is 2.67. The molecule has 4 amide bonds. The number of urea groups is 1. The summed E-state index contributed by atoms with van der Waals surface area (Å²) in [5, 5.41) is 8.01. The molecule has 1 atom stereocenters. The number of rotatable bonds is 6. The minimum atomic E-state index is -0.793. The molecule has 0 bridgehead atoms. The van der Waals surface area contributed by atoms with Crippen molar-refractivity contribution >= 4 is 29.4 Å². The lowest BCUT2D eigenvalue weighted by molar-refractivity contribution is -0.126. The lowest BCUT2D eigenvalue weighted by Gasteiger charge is -2.25. The summed E-state index contributed by atoms with van der Waals surface area (Å²) in [7, 11) is 0. The maximum absolute atomic E-state index is 11.9. The predicted octanol–water partition coefficient (Wildman–Crippen LogP) is 1.62. The first kappa shape index (κ1) is 17.3. The quantitative estimate of drug-likeness (QED) is 0.689. The van der Waals surface area contributed by atoms with Crippen molar-refractivity contribution < 1.29 is 14.4 Å². The Hall–Kier alpha value is -2.08. The Morgan fingerprint density at radius 1 is 1.35 bits per heavy atom. The molecular formula is C16H20ClN3O3. The SMILES string of the molecule is CC(C)(CNC(=O)C[C@@H]1NC(=O)NC1=O)Cc1cccc(Cl)c1. The van der Waals surface area contributed by atoms with Gasteiger partial charge >= 0.3 is 6.03 Å². The number of halogens is 1. The van der Waals surface area contributed by atoms with Crippen LogP contribution in [0.4, 0.5) is 4.79 Å². The summed E-state index contributed by atoms with van der Waals surface area (Å²) >= 11 is 5.98. The first-order chi connectivity index (χ1) is 10.7. The molecule has 7 heteroatoms. The molecule has 1 aromatic rings. The van der Waals surface area contributed by atoms with Gasteiger partial charge in [-0.05, 0) is 29.5 Å². The molecule has 0 aromatic heterocycles. The van der Waals surface area contributed by atoms with Crippen molar-refractivity contribution in [3.05, 3.63) is 34.9 Å². The number of hydrogen-bond acceptors (Lipinski definition) is 3. The fourth-order valence-electron chi connectivity index (χ4n) is 2.46. The van der Waals surface area contributed by atoms with E-state index in [-0.39, 0.29) is 17.7 Å². The van der Waals surface area contributed by atoms with Gasteiger partial charge in [0, 0.05) is 11.6 Å². The largest absolute Gasteiger partial charge is 0.355 e. The molecule has 0 radical (unpaired) electrons. The van der Waals surface area contributed by atoms with Crippen molar-refractivity contribution in [2.24, 2.45) is 5.41 Å². The van der Waals surface area contributed by atoms with E-state index in [0.717, 1.165) is 12.0 Å². The Balaban J connectivity index is 1.82. The molecule has 0 unspecified atom stereocenters. The number of nitrogens with one attached hydrogen (secondary N) is 3. The first-order valence-corrected chi connectivity index (χ1v) is 7.75. The van der Waals surface area contributed by atoms with Gasteiger partial charge in [0.25, 0.3) is 5.91 Å². The van der Waals surface area contributed by atoms with Gasteiger partial charge in [0.1, 0.15) is 6.04 Å². The van der Waals surface area contributed by atoms with E-state index in [0.29, 0.717) is 11.6 Å². The van der Waals surface area contributed by atoms with Crippen LogP contribution in [-0.4, -0.2) is 30.4 Å². The molecule has 124 valence electrons. The summed E-state index contributed by atoms with van der Waals surface area (Å²) in [5.74, 6) is -0.741. The average molecular weight is 338 g/mol. The summed E-state index contributed by atoms with van der Waals surface area (Å²) in [6.45, 7) is 4.54. The third-order valence-corrected chi connectivity index (χ3v) is 3.82. The number of hydrogen-bond donors (Lipinski definition) is 3. The highest BCUT2D eigenvalue weighted by molar-refractivity contribution is 6.30. The third kappa shape index (κ3) is 5.25. The predicted molar refractivity (Wildman–Crippen MR) is 87.0 cm³/mol. The van der Waals surface area contributed by atoms with Gasteiger partial charge in [-0.15, -0.1) is 0 Å². The first-order valence-electron chi connectivity index (χ1n) is 7.38. The molecule has 1 aliphatic heterocycles. The Kier molecular flexibility index (Phi) is 5.26. The molecule has 0 aliphatic carbocycles. The van der Waals surface area contributed by atoms with E-state index in [1.807, 2.05) is 38.1 Å². The third-order valence-electron chi connectivity index (χ3n) is 3.58. The highest BCUT2D eigenvalue weighted by Crippen LogP contribution is 2.22. The Morgan fingerprint density at radius 2 is 2.09 bits per heavy atom. The topological polar surface area (TPSA) is 87.3 Å². The second-order valence-corrected chi connectivity index (χ2v) is 6.90. The molecule has 2 rings (SSSR count). The van der Waals surface area contributed by atoms with Crippen molar-refractivity contribution in [2.45, 2.75) is 32.7 Å². The van der Waals surface area contributed by atoms with Gasteiger partial charge in [-0.1, -0.05) is 37.6 Å². The van der Waals surface area contributed by atoms with Crippen LogP contribution in [0.1, 0.15) is 25.8 Å². The summed E-state index contributed by atoms with van der Waals surface area (Å²) in [6, 6.07) is 6.26. The molecule has 1 aromatic carbocycles. The second kappa shape index (κ2) is 7.00. The summed E-state index contributed by atoms with van der Waals surface area (Å²) in [6.07, 6.45) is 0.694. The number of benzene rings is 1. The number of amides is 4. The zero-order valence-electron chi connectivity index (χ0n) is 13.1. The van der Waals surface area contributed by atoms with Crippen LogP contribution >= 0.6 is 11.6 Å². The van der Waals surface area contributed by atoms with Crippen molar-refractivity contribution in [3.8, 4) is 0 Å². The zero-order valence-corrected chi connectivity index (χ0v) is 13.9. The summed E-state index contributed by atoms with van der Waals surface area (Å²) in [4.78, 5) is 34.4. The van der Waals surface area contributed by atoms with Crippen LogP contribution in [0.25, 0.3) is 0 Å². The van der Waals surface area contributed by atoms with E-state index in [1.165, 1.54) is 0 Å². The maximum atomic E-state index is 11.9. The van der Waals surface area contributed by atoms with Crippen molar-refractivity contribution in [2.75, 3.05) is 6.54 Å². The van der Waals surface area contributed by atoms with Crippen LogP contribution in [0.15, 0.2) is 24.3 Å². The normalized spacial score (nSPS) is 17.6. The molecule has 1 saturated heterocycles. The van der Waals surface area contributed by atoms with Gasteiger partial charge in [-0.2, -0.15) is 0 Å². The van der Waals surface area contributed by atoms with Gasteiger partial charge in [0.05, 0.1) is 6.42 Å². The Morgan fingerprint density at radius 3 is 2.70 bits per heavy atom. The van der Waals surface area contributed by atoms with Crippen LogP contribution < -0.4 is 16.0 Å². The van der Waals surface area contributed by atoms with Crippen molar-refractivity contribution in [1.82, 2.24) is 16.0 Å².